The van der Waals surface area contributed by atoms with Crippen molar-refractivity contribution in [3.8, 4) is 0 Å². The van der Waals surface area contributed by atoms with Crippen molar-refractivity contribution in [3.63, 3.8) is 0 Å². The summed E-state index contributed by atoms with van der Waals surface area (Å²) in [6, 6.07) is -0.197. The van der Waals surface area contributed by atoms with Crippen LogP contribution in [0, 0.1) is 5.41 Å². The largest absolute Gasteiger partial charge is 0.340 e. The van der Waals surface area contributed by atoms with Gasteiger partial charge in [-0.25, -0.2) is 4.79 Å². The minimum atomic E-state index is -0.519. The molecule has 0 aromatic carbocycles. The fraction of sp³-hybridized carbons (Fsp3) is 0.750. The van der Waals surface area contributed by atoms with Crippen molar-refractivity contribution in [2.45, 2.75) is 33.7 Å². The van der Waals surface area contributed by atoms with Crippen molar-refractivity contribution in [1.29, 1.82) is 0 Å². The highest BCUT2D eigenvalue weighted by atomic mass is 16.7. The molecule has 0 spiro atoms. The molecular formula is C8H16N2O2. The second-order valence-corrected chi connectivity index (χ2v) is 3.74. The molecule has 0 saturated heterocycles. The Hall–Kier alpha value is -0.900. The Morgan fingerprint density at radius 1 is 1.58 bits per heavy atom. The van der Waals surface area contributed by atoms with Crippen molar-refractivity contribution in [1.82, 2.24) is 0 Å². The molecule has 0 aliphatic heterocycles. The molecule has 4 nitrogen and oxygen atoms in total. The second kappa shape index (κ2) is 4.21. The van der Waals surface area contributed by atoms with Crippen molar-refractivity contribution in [2.75, 3.05) is 0 Å². The van der Waals surface area contributed by atoms with E-state index in [1.54, 1.807) is 27.7 Å². The summed E-state index contributed by atoms with van der Waals surface area (Å²) in [5.74, 6) is -0.362. The summed E-state index contributed by atoms with van der Waals surface area (Å²) >= 11 is 0. The van der Waals surface area contributed by atoms with E-state index < -0.39 is 5.41 Å². The molecule has 0 rings (SSSR count). The molecule has 0 aromatic rings. The zero-order valence-corrected chi connectivity index (χ0v) is 8.00. The van der Waals surface area contributed by atoms with Gasteiger partial charge >= 0.3 is 5.97 Å². The Morgan fingerprint density at radius 3 is 2.42 bits per heavy atom. The monoisotopic (exact) mass is 172 g/mol. The normalized spacial score (nSPS) is 14.8. The summed E-state index contributed by atoms with van der Waals surface area (Å²) in [6.45, 7) is 7.03. The van der Waals surface area contributed by atoms with Gasteiger partial charge in [-0.2, -0.15) is 0 Å². The molecule has 0 aliphatic rings. The minimum absolute atomic E-state index is 0.197. The highest BCUT2D eigenvalue weighted by molar-refractivity contribution is 5.76. The highest BCUT2D eigenvalue weighted by Crippen LogP contribution is 2.14. The molecule has 0 aromatic heterocycles. The first-order valence-electron chi connectivity index (χ1n) is 3.84. The third-order valence-corrected chi connectivity index (χ3v) is 1.04. The van der Waals surface area contributed by atoms with E-state index in [1.807, 2.05) is 0 Å². The molecular weight excluding hydrogens is 156 g/mol. The van der Waals surface area contributed by atoms with E-state index >= 15 is 0 Å². The Kier molecular flexibility index (Phi) is 3.89. The van der Waals surface area contributed by atoms with Crippen molar-refractivity contribution in [3.05, 3.63) is 0 Å². The maximum Gasteiger partial charge on any atom is 0.340 e. The third-order valence-electron chi connectivity index (χ3n) is 1.04. The fourth-order valence-electron chi connectivity index (χ4n) is 0.311. The highest BCUT2D eigenvalue weighted by Gasteiger charge is 2.23. The molecule has 0 heterocycles. The molecule has 0 bridgehead atoms. The van der Waals surface area contributed by atoms with Crippen LogP contribution in [0.5, 0.6) is 0 Å². The van der Waals surface area contributed by atoms with E-state index in [9.17, 15) is 4.79 Å². The van der Waals surface area contributed by atoms with Crippen LogP contribution in [0.4, 0.5) is 0 Å². The van der Waals surface area contributed by atoms with Crippen LogP contribution in [0.15, 0.2) is 5.16 Å². The number of oxime groups is 1. The number of rotatable bonds is 2. The Bertz CT molecular complexity index is 180. The van der Waals surface area contributed by atoms with Crippen molar-refractivity contribution >= 4 is 12.2 Å². The van der Waals surface area contributed by atoms with Gasteiger partial charge in [-0.15, -0.1) is 0 Å². The van der Waals surface area contributed by atoms with Crippen LogP contribution in [0.25, 0.3) is 0 Å². The molecule has 12 heavy (non-hydrogen) atoms. The number of carbonyl (C=O) groups is 1. The third kappa shape index (κ3) is 4.85. The van der Waals surface area contributed by atoms with Crippen LogP contribution in [0.1, 0.15) is 27.7 Å². The minimum Gasteiger partial charge on any atom is -0.323 e. The number of hydrogen-bond donors (Lipinski definition) is 1. The molecule has 1 unspecified atom stereocenters. The molecule has 1 atom stereocenters. The van der Waals surface area contributed by atoms with E-state index in [4.69, 9.17) is 5.73 Å². The molecule has 2 N–H and O–H groups in total. The summed E-state index contributed by atoms with van der Waals surface area (Å²) in [6.07, 6.45) is 1.38. The maximum absolute atomic E-state index is 11.1. The van der Waals surface area contributed by atoms with Crippen LogP contribution < -0.4 is 5.73 Å². The van der Waals surface area contributed by atoms with Crippen LogP contribution in [-0.4, -0.2) is 18.2 Å². The molecule has 4 heteroatoms. The van der Waals surface area contributed by atoms with Crippen LogP contribution in [0.3, 0.4) is 0 Å². The standard InChI is InChI=1S/C8H16N2O2/c1-6(9)5-10-12-7(11)8(2,3)4/h5-6H,9H2,1-4H3. The molecule has 0 aliphatic carbocycles. The van der Waals surface area contributed by atoms with Crippen molar-refractivity contribution < 1.29 is 9.63 Å². The van der Waals surface area contributed by atoms with Gasteiger partial charge in [0.2, 0.25) is 0 Å². The van der Waals surface area contributed by atoms with E-state index in [2.05, 4.69) is 9.99 Å². The Balaban J connectivity index is 3.88. The smallest absolute Gasteiger partial charge is 0.323 e. The molecule has 0 amide bonds. The molecule has 0 fully saturated rings. The van der Waals surface area contributed by atoms with E-state index in [1.165, 1.54) is 6.21 Å². The predicted octanol–water partition coefficient (Wildman–Crippen LogP) is 0.909. The van der Waals surface area contributed by atoms with E-state index in [0.717, 1.165) is 0 Å². The lowest BCUT2D eigenvalue weighted by Crippen LogP contribution is -2.22. The second-order valence-electron chi connectivity index (χ2n) is 3.74. The zero-order valence-electron chi connectivity index (χ0n) is 8.00. The van der Waals surface area contributed by atoms with Crippen LogP contribution >= 0.6 is 0 Å². The van der Waals surface area contributed by atoms with Gasteiger partial charge in [-0.1, -0.05) is 5.16 Å². The molecule has 0 radical (unpaired) electrons. The average Bonchev–Trinajstić information content (AvgIpc) is 1.84. The van der Waals surface area contributed by atoms with E-state index in [0.29, 0.717) is 0 Å². The maximum atomic E-state index is 11.1. The Morgan fingerprint density at radius 2 is 2.08 bits per heavy atom. The fourth-order valence-corrected chi connectivity index (χ4v) is 0.311. The lowest BCUT2D eigenvalue weighted by molar-refractivity contribution is -0.152. The van der Waals surface area contributed by atoms with Gasteiger partial charge in [-0.3, -0.25) is 0 Å². The Labute approximate surface area is 72.8 Å². The number of nitrogens with zero attached hydrogens (tertiary/aromatic N) is 1. The number of carbonyl (C=O) groups excluding carboxylic acids is 1. The van der Waals surface area contributed by atoms with Gasteiger partial charge < -0.3 is 10.6 Å². The van der Waals surface area contributed by atoms with Crippen molar-refractivity contribution in [2.24, 2.45) is 16.3 Å². The van der Waals surface area contributed by atoms with Gasteiger partial charge in [0.25, 0.3) is 0 Å². The first kappa shape index (κ1) is 11.1. The lowest BCUT2D eigenvalue weighted by Gasteiger charge is -2.12. The summed E-state index contributed by atoms with van der Waals surface area (Å²) in [5.41, 5.74) is 4.83. The lowest BCUT2D eigenvalue weighted by atomic mass is 9.98. The van der Waals surface area contributed by atoms with Crippen LogP contribution in [0.2, 0.25) is 0 Å². The first-order chi connectivity index (χ1) is 5.34. The topological polar surface area (TPSA) is 64.7 Å². The van der Waals surface area contributed by atoms with Gasteiger partial charge in [0.15, 0.2) is 0 Å². The zero-order chi connectivity index (χ0) is 9.78. The van der Waals surface area contributed by atoms with Gasteiger partial charge in [0.1, 0.15) is 0 Å². The molecule has 70 valence electrons. The quantitative estimate of drug-likeness (QED) is 0.382. The summed E-state index contributed by atoms with van der Waals surface area (Å²) in [5, 5.41) is 3.44. The molecule has 0 saturated carbocycles. The first-order valence-corrected chi connectivity index (χ1v) is 3.84. The van der Waals surface area contributed by atoms with Gasteiger partial charge in [0.05, 0.1) is 11.6 Å². The van der Waals surface area contributed by atoms with Crippen LogP contribution in [-0.2, 0) is 9.63 Å². The van der Waals surface area contributed by atoms with E-state index in [-0.39, 0.29) is 12.0 Å². The summed E-state index contributed by atoms with van der Waals surface area (Å²) in [4.78, 5) is 15.6. The summed E-state index contributed by atoms with van der Waals surface area (Å²) < 4.78 is 0. The van der Waals surface area contributed by atoms with Gasteiger partial charge in [-0.05, 0) is 27.7 Å². The SMILES string of the molecule is CC(N)C=NOC(=O)C(C)(C)C. The number of nitrogens with two attached hydrogens (primary N) is 1. The average molecular weight is 172 g/mol. The summed E-state index contributed by atoms with van der Waals surface area (Å²) in [7, 11) is 0. The van der Waals surface area contributed by atoms with Gasteiger partial charge in [0, 0.05) is 6.04 Å². The predicted molar refractivity (Wildman–Crippen MR) is 47.7 cm³/mol. The number of hydrogen-bond acceptors (Lipinski definition) is 4.